The Kier molecular flexibility index (Phi) is 5.62. The van der Waals surface area contributed by atoms with Gasteiger partial charge in [-0.15, -0.1) is 0 Å². The van der Waals surface area contributed by atoms with Crippen molar-refractivity contribution in [3.63, 3.8) is 0 Å². The van der Waals surface area contributed by atoms with Crippen molar-refractivity contribution in [2.45, 2.75) is 39.8 Å². The van der Waals surface area contributed by atoms with Crippen LogP contribution < -0.4 is 10.9 Å². The summed E-state index contributed by atoms with van der Waals surface area (Å²) in [4.78, 5) is 11.9. The number of rotatable bonds is 6. The van der Waals surface area contributed by atoms with Crippen molar-refractivity contribution in [2.24, 2.45) is 5.92 Å². The Morgan fingerprint density at radius 1 is 1.50 bits per heavy atom. The molecular weight excluding hydrogens is 254 g/mol. The van der Waals surface area contributed by atoms with E-state index in [4.69, 9.17) is 16.7 Å². The molecule has 0 saturated heterocycles. The lowest BCUT2D eigenvalue weighted by molar-refractivity contribution is 0.282. The Morgan fingerprint density at radius 3 is 2.72 bits per heavy atom. The second-order valence-electron chi connectivity index (χ2n) is 4.81. The van der Waals surface area contributed by atoms with Gasteiger partial charge >= 0.3 is 0 Å². The van der Waals surface area contributed by atoms with Gasteiger partial charge in [-0.05, 0) is 19.3 Å². The first-order valence-corrected chi connectivity index (χ1v) is 6.46. The molecule has 1 unspecified atom stereocenters. The summed E-state index contributed by atoms with van der Waals surface area (Å²) in [6.45, 7) is 6.57. The van der Waals surface area contributed by atoms with E-state index in [2.05, 4.69) is 10.4 Å². The van der Waals surface area contributed by atoms with Gasteiger partial charge in [0, 0.05) is 19.2 Å². The van der Waals surface area contributed by atoms with Crippen LogP contribution in [0, 0.1) is 5.92 Å². The minimum Gasteiger partial charge on any atom is -0.396 e. The summed E-state index contributed by atoms with van der Waals surface area (Å²) in [5.41, 5.74) is 0.231. The fourth-order valence-corrected chi connectivity index (χ4v) is 1.77. The molecule has 0 bridgehead atoms. The van der Waals surface area contributed by atoms with E-state index >= 15 is 0 Å². The van der Waals surface area contributed by atoms with Crippen molar-refractivity contribution in [1.82, 2.24) is 9.78 Å². The Labute approximate surface area is 112 Å². The molecular formula is C12H20ClN3O2. The summed E-state index contributed by atoms with van der Waals surface area (Å²) < 4.78 is 1.37. The fourth-order valence-electron chi connectivity index (χ4n) is 1.57. The smallest absolute Gasteiger partial charge is 0.287 e. The first-order chi connectivity index (χ1) is 8.45. The number of aliphatic hydroxyl groups excluding tert-OH is 1. The van der Waals surface area contributed by atoms with Crippen LogP contribution in [0.15, 0.2) is 11.0 Å². The van der Waals surface area contributed by atoms with E-state index < -0.39 is 0 Å². The van der Waals surface area contributed by atoms with E-state index in [1.54, 1.807) is 6.20 Å². The highest BCUT2D eigenvalue weighted by molar-refractivity contribution is 6.32. The summed E-state index contributed by atoms with van der Waals surface area (Å²) >= 11 is 6.03. The third-order valence-corrected chi connectivity index (χ3v) is 2.85. The molecule has 102 valence electrons. The topological polar surface area (TPSA) is 67.2 Å². The molecule has 0 saturated carbocycles. The molecule has 0 aliphatic rings. The van der Waals surface area contributed by atoms with E-state index in [0.29, 0.717) is 24.6 Å². The Morgan fingerprint density at radius 2 is 2.17 bits per heavy atom. The normalized spacial score (nSPS) is 12.8. The summed E-state index contributed by atoms with van der Waals surface area (Å²) in [6, 6.07) is 0.0367. The number of nitrogens with one attached hydrogen (secondary N) is 1. The van der Waals surface area contributed by atoms with Crippen LogP contribution >= 0.6 is 11.6 Å². The predicted molar refractivity (Wildman–Crippen MR) is 73.1 cm³/mol. The van der Waals surface area contributed by atoms with Crippen LogP contribution in [0.25, 0.3) is 0 Å². The number of nitrogens with zero attached hydrogens (tertiary/aromatic N) is 2. The van der Waals surface area contributed by atoms with Crippen molar-refractivity contribution in [3.8, 4) is 0 Å². The second kappa shape index (κ2) is 6.75. The maximum absolute atomic E-state index is 11.9. The zero-order valence-corrected chi connectivity index (χ0v) is 11.7. The van der Waals surface area contributed by atoms with E-state index in [1.807, 2.05) is 20.8 Å². The third kappa shape index (κ3) is 3.99. The van der Waals surface area contributed by atoms with Crippen LogP contribution in [-0.2, 0) is 6.54 Å². The van der Waals surface area contributed by atoms with Crippen LogP contribution in [-0.4, -0.2) is 27.5 Å². The molecule has 5 nitrogen and oxygen atoms in total. The standard InChI is InChI=1S/C12H20ClN3O2/c1-8(2)7-16-12(18)11(13)10(6-14-16)15-9(3)4-5-17/h6,8-9,15,17H,4-5,7H2,1-3H3. The Bertz CT molecular complexity index is 445. The van der Waals surface area contributed by atoms with Gasteiger partial charge in [-0.1, -0.05) is 25.4 Å². The summed E-state index contributed by atoms with van der Waals surface area (Å²) in [7, 11) is 0. The van der Waals surface area contributed by atoms with Gasteiger partial charge in [0.2, 0.25) is 0 Å². The van der Waals surface area contributed by atoms with Gasteiger partial charge in [0.25, 0.3) is 5.56 Å². The van der Waals surface area contributed by atoms with Crippen molar-refractivity contribution < 1.29 is 5.11 Å². The zero-order chi connectivity index (χ0) is 13.7. The summed E-state index contributed by atoms with van der Waals surface area (Å²) in [5, 5.41) is 16.1. The predicted octanol–water partition coefficient (Wildman–Crippen LogP) is 1.74. The van der Waals surface area contributed by atoms with Crippen molar-refractivity contribution in [3.05, 3.63) is 21.6 Å². The Hall–Kier alpha value is -1.07. The van der Waals surface area contributed by atoms with Gasteiger partial charge in [-0.2, -0.15) is 5.10 Å². The zero-order valence-electron chi connectivity index (χ0n) is 11.0. The minimum atomic E-state index is -0.286. The van der Waals surface area contributed by atoms with Gasteiger partial charge in [-0.25, -0.2) is 4.68 Å². The molecule has 2 N–H and O–H groups in total. The number of hydrogen-bond acceptors (Lipinski definition) is 4. The van der Waals surface area contributed by atoms with Gasteiger partial charge in [0.15, 0.2) is 0 Å². The number of halogens is 1. The SMILES string of the molecule is CC(C)Cn1ncc(NC(C)CCO)c(Cl)c1=O. The largest absolute Gasteiger partial charge is 0.396 e. The van der Waals surface area contributed by atoms with Crippen molar-refractivity contribution in [2.75, 3.05) is 11.9 Å². The van der Waals surface area contributed by atoms with Crippen molar-refractivity contribution in [1.29, 1.82) is 0 Å². The molecule has 0 aliphatic heterocycles. The number of aliphatic hydroxyl groups is 1. The molecule has 1 heterocycles. The molecule has 1 atom stereocenters. The van der Waals surface area contributed by atoms with Crippen LogP contribution in [0.5, 0.6) is 0 Å². The molecule has 0 amide bonds. The average Bonchev–Trinajstić information content (AvgIpc) is 2.29. The fraction of sp³-hybridized carbons (Fsp3) is 0.667. The highest BCUT2D eigenvalue weighted by Crippen LogP contribution is 2.17. The van der Waals surface area contributed by atoms with Gasteiger partial charge in [0.05, 0.1) is 11.9 Å². The number of hydrogen-bond donors (Lipinski definition) is 2. The lowest BCUT2D eigenvalue weighted by Crippen LogP contribution is -2.27. The van der Waals surface area contributed by atoms with E-state index in [0.717, 1.165) is 0 Å². The average molecular weight is 274 g/mol. The van der Waals surface area contributed by atoms with E-state index in [-0.39, 0.29) is 23.2 Å². The van der Waals surface area contributed by atoms with Crippen LogP contribution in [0.4, 0.5) is 5.69 Å². The molecule has 1 aromatic rings. The lowest BCUT2D eigenvalue weighted by Gasteiger charge is -2.15. The lowest BCUT2D eigenvalue weighted by atomic mass is 10.2. The molecule has 1 aromatic heterocycles. The number of anilines is 1. The molecule has 0 aromatic carbocycles. The highest BCUT2D eigenvalue weighted by atomic mass is 35.5. The summed E-state index contributed by atoms with van der Waals surface area (Å²) in [5.74, 6) is 0.332. The number of aromatic nitrogens is 2. The van der Waals surface area contributed by atoms with Crippen molar-refractivity contribution >= 4 is 17.3 Å². The minimum absolute atomic E-state index is 0.0367. The molecule has 1 rings (SSSR count). The first kappa shape index (κ1) is 15.0. The maximum Gasteiger partial charge on any atom is 0.287 e. The van der Waals surface area contributed by atoms with Crippen LogP contribution in [0.3, 0.4) is 0 Å². The molecule has 0 radical (unpaired) electrons. The second-order valence-corrected chi connectivity index (χ2v) is 5.19. The van der Waals surface area contributed by atoms with Gasteiger partial charge in [0.1, 0.15) is 5.02 Å². The summed E-state index contributed by atoms with van der Waals surface area (Å²) in [6.07, 6.45) is 2.14. The quantitative estimate of drug-likeness (QED) is 0.828. The first-order valence-electron chi connectivity index (χ1n) is 6.08. The molecule has 0 fully saturated rings. The molecule has 6 heteroatoms. The molecule has 0 aliphatic carbocycles. The maximum atomic E-state index is 11.9. The van der Waals surface area contributed by atoms with Gasteiger partial charge < -0.3 is 10.4 Å². The Balaban J connectivity index is 2.90. The van der Waals surface area contributed by atoms with Crippen LogP contribution in [0.2, 0.25) is 5.02 Å². The van der Waals surface area contributed by atoms with E-state index in [9.17, 15) is 4.79 Å². The highest BCUT2D eigenvalue weighted by Gasteiger charge is 2.11. The molecule has 0 spiro atoms. The molecule has 18 heavy (non-hydrogen) atoms. The third-order valence-electron chi connectivity index (χ3n) is 2.49. The van der Waals surface area contributed by atoms with Gasteiger partial charge in [-0.3, -0.25) is 4.79 Å². The van der Waals surface area contributed by atoms with Crippen LogP contribution in [0.1, 0.15) is 27.2 Å². The monoisotopic (exact) mass is 273 g/mol. The van der Waals surface area contributed by atoms with E-state index in [1.165, 1.54) is 4.68 Å².